The first-order valence-electron chi connectivity index (χ1n) is 9.36. The van der Waals surface area contributed by atoms with Crippen molar-refractivity contribution in [1.29, 1.82) is 0 Å². The van der Waals surface area contributed by atoms with E-state index in [2.05, 4.69) is 9.88 Å². The summed E-state index contributed by atoms with van der Waals surface area (Å²) in [7, 11) is -2.25. The standard InChI is InChI=1S/C20H23N3O5S/c1-23-16-8-3-2-7-15(16)22-20-17(23)9-4-10-18(20)28-13-5-11-19(24)21-12-6-14-29(25,26)27/h2-4,7-10H,5-6,11-14H2,1H3,(H-,21,24,25,26,27). The molecule has 0 atom stereocenters. The lowest BCUT2D eigenvalue weighted by atomic mass is 10.2. The van der Waals surface area contributed by atoms with Gasteiger partial charge < -0.3 is 14.6 Å². The molecule has 1 amide bonds. The van der Waals surface area contributed by atoms with Crippen LogP contribution in [0.1, 0.15) is 19.3 Å². The predicted molar refractivity (Wildman–Crippen MR) is 107 cm³/mol. The molecule has 0 aliphatic rings. The summed E-state index contributed by atoms with van der Waals surface area (Å²) in [6, 6.07) is 13.6. The second-order valence-corrected chi connectivity index (χ2v) is 8.22. The summed E-state index contributed by atoms with van der Waals surface area (Å²) >= 11 is 0. The second kappa shape index (κ2) is 9.15. The average molecular weight is 417 g/mol. The van der Waals surface area contributed by atoms with Crippen molar-refractivity contribution in [3.05, 3.63) is 42.5 Å². The molecule has 0 unspecified atom stereocenters. The number of nitrogens with one attached hydrogen (secondary N) is 1. The minimum absolute atomic E-state index is 0.112. The van der Waals surface area contributed by atoms with Crippen LogP contribution < -0.4 is 14.6 Å². The predicted octanol–water partition coefficient (Wildman–Crippen LogP) is 1.42. The summed E-state index contributed by atoms with van der Waals surface area (Å²) in [6.07, 6.45) is 0.863. The van der Waals surface area contributed by atoms with Gasteiger partial charge in [0, 0.05) is 30.9 Å². The fraction of sp³-hybridized carbons (Fsp3) is 0.350. The number of amides is 1. The van der Waals surface area contributed by atoms with E-state index in [1.54, 1.807) is 0 Å². The molecule has 0 fully saturated rings. The molecule has 3 rings (SSSR count). The van der Waals surface area contributed by atoms with Crippen LogP contribution in [0.2, 0.25) is 0 Å². The lowest BCUT2D eigenvalue weighted by molar-refractivity contribution is -0.617. The first kappa shape index (κ1) is 20.9. The summed E-state index contributed by atoms with van der Waals surface area (Å²) in [5, 5.41) is 2.60. The normalized spacial score (nSPS) is 11.7. The highest BCUT2D eigenvalue weighted by Crippen LogP contribution is 2.23. The maximum atomic E-state index is 11.8. The van der Waals surface area contributed by atoms with Crippen molar-refractivity contribution in [3.8, 4) is 5.75 Å². The third kappa shape index (κ3) is 5.61. The van der Waals surface area contributed by atoms with Crippen LogP contribution in [-0.2, 0) is 22.0 Å². The Morgan fingerprint density at radius 2 is 1.90 bits per heavy atom. The van der Waals surface area contributed by atoms with Crippen molar-refractivity contribution in [1.82, 2.24) is 10.3 Å². The highest BCUT2D eigenvalue weighted by atomic mass is 32.2. The number of nitrogens with zero attached hydrogens (tertiary/aromatic N) is 2. The molecule has 0 aliphatic heterocycles. The smallest absolute Gasteiger partial charge is 0.235 e. The Morgan fingerprint density at radius 3 is 2.69 bits per heavy atom. The van der Waals surface area contributed by atoms with Gasteiger partial charge in [0.2, 0.25) is 16.9 Å². The Bertz CT molecular complexity index is 1130. The molecule has 29 heavy (non-hydrogen) atoms. The molecule has 0 bridgehead atoms. The van der Waals surface area contributed by atoms with E-state index in [0.717, 1.165) is 22.1 Å². The Kier molecular flexibility index (Phi) is 6.60. The third-order valence-corrected chi connectivity index (χ3v) is 5.30. The Labute approximate surface area is 169 Å². The molecule has 9 heteroatoms. The van der Waals surface area contributed by atoms with Gasteiger partial charge in [-0.2, -0.15) is 4.57 Å². The molecule has 1 aromatic heterocycles. The van der Waals surface area contributed by atoms with Gasteiger partial charge in [-0.15, -0.1) is 0 Å². The van der Waals surface area contributed by atoms with Gasteiger partial charge in [0.1, 0.15) is 12.6 Å². The van der Waals surface area contributed by atoms with Gasteiger partial charge in [-0.3, -0.25) is 4.79 Å². The zero-order chi connectivity index (χ0) is 20.9. The van der Waals surface area contributed by atoms with Gasteiger partial charge >= 0.3 is 0 Å². The number of hydrogen-bond acceptors (Lipinski definition) is 6. The van der Waals surface area contributed by atoms with Crippen molar-refractivity contribution < 1.29 is 27.1 Å². The molecule has 8 nitrogen and oxygen atoms in total. The van der Waals surface area contributed by atoms with E-state index >= 15 is 0 Å². The van der Waals surface area contributed by atoms with E-state index in [9.17, 15) is 17.8 Å². The topological polar surface area (TPSA) is 112 Å². The summed E-state index contributed by atoms with van der Waals surface area (Å²) in [5.41, 5.74) is 3.61. The Balaban J connectivity index is 1.55. The van der Waals surface area contributed by atoms with Crippen molar-refractivity contribution in [3.63, 3.8) is 0 Å². The molecular weight excluding hydrogens is 394 g/mol. The molecule has 0 saturated heterocycles. The van der Waals surface area contributed by atoms with Gasteiger partial charge in [-0.1, -0.05) is 18.2 Å². The van der Waals surface area contributed by atoms with Gasteiger partial charge in [0.25, 0.3) is 0 Å². The number of benzene rings is 2. The molecule has 1 heterocycles. The van der Waals surface area contributed by atoms with E-state index in [-0.39, 0.29) is 25.3 Å². The van der Waals surface area contributed by atoms with E-state index in [0.29, 0.717) is 18.8 Å². The zero-order valence-corrected chi connectivity index (χ0v) is 16.9. The van der Waals surface area contributed by atoms with Crippen LogP contribution in [0.4, 0.5) is 0 Å². The monoisotopic (exact) mass is 417 g/mol. The number of aromatic nitrogens is 2. The molecule has 2 aromatic carbocycles. The first-order valence-corrected chi connectivity index (χ1v) is 10.9. The van der Waals surface area contributed by atoms with Gasteiger partial charge in [0.15, 0.2) is 11.3 Å². The third-order valence-electron chi connectivity index (χ3n) is 4.51. The fourth-order valence-electron chi connectivity index (χ4n) is 3.08. The number of fused-ring (bicyclic) bond motifs is 2. The van der Waals surface area contributed by atoms with Gasteiger partial charge in [0.05, 0.1) is 16.7 Å². The van der Waals surface area contributed by atoms with Gasteiger partial charge in [-0.25, -0.2) is 13.4 Å². The van der Waals surface area contributed by atoms with E-state index < -0.39 is 15.9 Å². The van der Waals surface area contributed by atoms with Crippen molar-refractivity contribution in [2.24, 2.45) is 7.05 Å². The van der Waals surface area contributed by atoms with Crippen LogP contribution in [0.3, 0.4) is 0 Å². The van der Waals surface area contributed by atoms with Crippen LogP contribution in [0.5, 0.6) is 5.75 Å². The Hall–Kier alpha value is -2.78. The molecular formula is C20H23N3O5S. The quantitative estimate of drug-likeness (QED) is 0.244. The molecule has 0 spiro atoms. The van der Waals surface area contributed by atoms with Crippen LogP contribution in [0, 0.1) is 0 Å². The van der Waals surface area contributed by atoms with Crippen LogP contribution in [-0.4, -0.2) is 42.8 Å². The SMILES string of the molecule is C[n+]1c2ccccc2nc2c(OCCCC(=O)NCCCS(=O)(=O)[O-])cccc21. The molecule has 0 radical (unpaired) electrons. The second-order valence-electron chi connectivity index (χ2n) is 6.70. The molecule has 154 valence electrons. The van der Waals surface area contributed by atoms with Crippen molar-refractivity contribution in [2.45, 2.75) is 19.3 Å². The minimum Gasteiger partial charge on any atom is -0.748 e. The first-order chi connectivity index (χ1) is 13.8. The lowest BCUT2D eigenvalue weighted by Crippen LogP contribution is -2.30. The number of carbonyl (C=O) groups excluding carboxylic acids is 1. The van der Waals surface area contributed by atoms with Gasteiger partial charge in [-0.05, 0) is 25.0 Å². The summed E-state index contributed by atoms with van der Waals surface area (Å²) in [5.74, 6) is -0.0217. The number of para-hydroxylation sites is 3. The van der Waals surface area contributed by atoms with Crippen molar-refractivity contribution >= 4 is 38.1 Å². The minimum atomic E-state index is -4.24. The lowest BCUT2D eigenvalue weighted by Gasteiger charge is -2.09. The summed E-state index contributed by atoms with van der Waals surface area (Å²) < 4.78 is 39.5. The Morgan fingerprint density at radius 1 is 1.14 bits per heavy atom. The molecule has 1 N–H and O–H groups in total. The molecule has 0 saturated carbocycles. The summed E-state index contributed by atoms with van der Waals surface area (Å²) in [4.78, 5) is 16.5. The largest absolute Gasteiger partial charge is 0.748 e. The summed E-state index contributed by atoms with van der Waals surface area (Å²) in [6.45, 7) is 0.512. The number of hydrogen-bond donors (Lipinski definition) is 1. The number of rotatable bonds is 9. The van der Waals surface area contributed by atoms with Crippen LogP contribution in [0.25, 0.3) is 22.1 Å². The average Bonchev–Trinajstić information content (AvgIpc) is 2.68. The van der Waals surface area contributed by atoms with E-state index in [1.807, 2.05) is 49.5 Å². The fourth-order valence-corrected chi connectivity index (χ4v) is 3.58. The highest BCUT2D eigenvalue weighted by molar-refractivity contribution is 7.85. The highest BCUT2D eigenvalue weighted by Gasteiger charge is 2.16. The van der Waals surface area contributed by atoms with E-state index in [1.165, 1.54) is 0 Å². The zero-order valence-electron chi connectivity index (χ0n) is 16.1. The number of ether oxygens (including phenoxy) is 1. The van der Waals surface area contributed by atoms with E-state index in [4.69, 9.17) is 9.72 Å². The molecule has 0 aliphatic carbocycles. The van der Waals surface area contributed by atoms with Crippen LogP contribution >= 0.6 is 0 Å². The maximum Gasteiger partial charge on any atom is 0.235 e. The van der Waals surface area contributed by atoms with Crippen LogP contribution in [0.15, 0.2) is 42.5 Å². The molecule has 3 aromatic rings. The maximum absolute atomic E-state index is 11.8. The van der Waals surface area contributed by atoms with Crippen molar-refractivity contribution in [2.75, 3.05) is 18.9 Å². The number of aryl methyl sites for hydroxylation is 1. The number of carbonyl (C=O) groups is 1.